The fourth-order valence-corrected chi connectivity index (χ4v) is 10.2. The second-order valence-corrected chi connectivity index (χ2v) is 16.7. The summed E-state index contributed by atoms with van der Waals surface area (Å²) in [6, 6.07) is 82.6. The predicted molar refractivity (Wildman–Crippen MR) is 269 cm³/mol. The molecule has 0 saturated heterocycles. The molecule has 11 aromatic carbocycles. The van der Waals surface area contributed by atoms with E-state index in [2.05, 4.69) is 231 Å². The lowest BCUT2D eigenvalue weighted by molar-refractivity contribution is 0.670. The quantitative estimate of drug-likeness (QED) is 0.156. The zero-order valence-electron chi connectivity index (χ0n) is 34.8. The van der Waals surface area contributed by atoms with E-state index in [1.54, 1.807) is 0 Å². The van der Waals surface area contributed by atoms with E-state index in [0.29, 0.717) is 0 Å². The summed E-state index contributed by atoms with van der Waals surface area (Å²) in [5.41, 5.74) is 17.4. The molecule has 0 spiro atoms. The maximum Gasteiger partial charge on any atom is 0.143 e. The molecule has 0 aliphatic carbocycles. The van der Waals surface area contributed by atoms with Crippen molar-refractivity contribution in [2.75, 3.05) is 0 Å². The zero-order chi connectivity index (χ0) is 42.1. The average molecular weight is 815 g/mol. The van der Waals surface area contributed by atoms with Gasteiger partial charge in [0, 0.05) is 43.8 Å². The molecule has 2 heteroatoms. The smallest absolute Gasteiger partial charge is 0.143 e. The third-order valence-electron chi connectivity index (χ3n) is 13.1. The summed E-state index contributed by atoms with van der Waals surface area (Å²) in [6.45, 7) is 0. The van der Waals surface area contributed by atoms with Gasteiger partial charge >= 0.3 is 0 Å². The van der Waals surface area contributed by atoms with Crippen molar-refractivity contribution in [3.63, 3.8) is 0 Å². The van der Waals surface area contributed by atoms with Crippen molar-refractivity contribution >= 4 is 65.4 Å². The van der Waals surface area contributed by atoms with Gasteiger partial charge in [-0.05, 0) is 66.1 Å². The van der Waals surface area contributed by atoms with E-state index < -0.39 is 0 Å². The first kappa shape index (κ1) is 36.2. The van der Waals surface area contributed by atoms with E-state index in [9.17, 15) is 0 Å². The van der Waals surface area contributed by atoms with Crippen LogP contribution in [0.5, 0.6) is 0 Å². The number of furan rings is 2. The summed E-state index contributed by atoms with van der Waals surface area (Å²) >= 11 is 0. The van der Waals surface area contributed by atoms with Crippen LogP contribution in [0.25, 0.3) is 132 Å². The molecule has 0 unspecified atom stereocenters. The van der Waals surface area contributed by atoms with Gasteiger partial charge in [0.25, 0.3) is 0 Å². The first-order valence-electron chi connectivity index (χ1n) is 21.9. The Morgan fingerprint density at radius 3 is 0.703 bits per heavy atom. The minimum atomic E-state index is 0.909. The minimum Gasteiger partial charge on any atom is -0.455 e. The van der Waals surface area contributed by atoms with E-state index in [1.807, 2.05) is 0 Å². The molecule has 13 aromatic rings. The highest BCUT2D eigenvalue weighted by atomic mass is 16.3. The molecule has 2 heterocycles. The third-order valence-corrected chi connectivity index (χ3v) is 13.1. The summed E-state index contributed by atoms with van der Waals surface area (Å²) in [5, 5.41) is 9.40. The standard InChI is InChI=1S/C62H38O2/c1-3-15-39(16-4-1)45-23-11-27-53-55-29-13-25-47(61(55)63-59(45)53)41-31-35-43(36-32-41)57-49-19-7-9-21-51(49)58(52-22-10-8-20-50(52)57)44-37-33-42(34-38-44)48-26-14-30-56-54-28-12-24-46(60(54)64-62(48)56)40-17-5-2-6-18-40/h1-38H. The minimum absolute atomic E-state index is 0.909. The van der Waals surface area contributed by atoms with Crippen LogP contribution in [-0.4, -0.2) is 0 Å². The van der Waals surface area contributed by atoms with Gasteiger partial charge in [0.15, 0.2) is 0 Å². The Kier molecular flexibility index (Phi) is 8.25. The van der Waals surface area contributed by atoms with Gasteiger partial charge in [-0.1, -0.05) is 231 Å². The molecule has 0 aliphatic rings. The molecule has 0 radical (unpaired) electrons. The van der Waals surface area contributed by atoms with Crippen LogP contribution in [0.3, 0.4) is 0 Å². The second kappa shape index (κ2) is 14.6. The number of para-hydroxylation sites is 4. The lowest BCUT2D eigenvalue weighted by Gasteiger charge is -2.18. The predicted octanol–water partition coefficient (Wildman–Crippen LogP) is 17.8. The van der Waals surface area contributed by atoms with E-state index in [4.69, 9.17) is 8.83 Å². The summed E-state index contributed by atoms with van der Waals surface area (Å²) in [7, 11) is 0. The van der Waals surface area contributed by atoms with Gasteiger partial charge < -0.3 is 8.83 Å². The SMILES string of the molecule is c1ccc(-c2cccc3c2oc2c(-c4ccc(-c5c6ccccc6c(-c6ccc(-c7cccc8c7oc7c(-c9ccccc9)cccc78)cc6)c6ccccc56)cc4)cccc23)cc1. The lowest BCUT2D eigenvalue weighted by atomic mass is 9.85. The zero-order valence-corrected chi connectivity index (χ0v) is 34.8. The molecule has 298 valence electrons. The molecule has 0 bridgehead atoms. The van der Waals surface area contributed by atoms with Crippen LogP contribution in [0, 0.1) is 0 Å². The van der Waals surface area contributed by atoms with Crippen LogP contribution in [0.2, 0.25) is 0 Å². The maximum absolute atomic E-state index is 6.79. The fourth-order valence-electron chi connectivity index (χ4n) is 10.2. The Balaban J connectivity index is 0.903. The van der Waals surface area contributed by atoms with E-state index in [0.717, 1.165) is 88.4 Å². The summed E-state index contributed by atoms with van der Waals surface area (Å²) < 4.78 is 13.6. The average Bonchev–Trinajstić information content (AvgIpc) is 3.96. The van der Waals surface area contributed by atoms with Crippen molar-refractivity contribution in [2.24, 2.45) is 0 Å². The number of hydrogen-bond donors (Lipinski definition) is 0. The number of rotatable bonds is 6. The van der Waals surface area contributed by atoms with Crippen molar-refractivity contribution in [2.45, 2.75) is 0 Å². The van der Waals surface area contributed by atoms with Crippen molar-refractivity contribution in [1.29, 1.82) is 0 Å². The third kappa shape index (κ3) is 5.66. The molecule has 2 aromatic heterocycles. The van der Waals surface area contributed by atoms with Crippen LogP contribution in [0.4, 0.5) is 0 Å². The highest BCUT2D eigenvalue weighted by Crippen LogP contribution is 2.46. The Morgan fingerprint density at radius 1 is 0.172 bits per heavy atom. The maximum atomic E-state index is 6.79. The number of benzene rings is 11. The Hall–Kier alpha value is -8.46. The molecule has 64 heavy (non-hydrogen) atoms. The topological polar surface area (TPSA) is 26.3 Å². The fraction of sp³-hybridized carbons (Fsp3) is 0. The summed E-state index contributed by atoms with van der Waals surface area (Å²) in [5.74, 6) is 0. The molecular weight excluding hydrogens is 777 g/mol. The van der Waals surface area contributed by atoms with Gasteiger partial charge in [0.2, 0.25) is 0 Å². The molecular formula is C62H38O2. The van der Waals surface area contributed by atoms with Crippen molar-refractivity contribution < 1.29 is 8.83 Å². The van der Waals surface area contributed by atoms with E-state index in [-0.39, 0.29) is 0 Å². The molecule has 0 saturated carbocycles. The van der Waals surface area contributed by atoms with Gasteiger partial charge in [0.05, 0.1) is 0 Å². The first-order chi connectivity index (χ1) is 31.8. The Morgan fingerprint density at radius 2 is 0.406 bits per heavy atom. The Labute approximate surface area is 369 Å². The van der Waals surface area contributed by atoms with E-state index in [1.165, 1.54) is 43.8 Å². The normalized spacial score (nSPS) is 11.8. The molecule has 0 amide bonds. The molecule has 0 fully saturated rings. The van der Waals surface area contributed by atoms with Crippen molar-refractivity contribution in [3.05, 3.63) is 231 Å². The van der Waals surface area contributed by atoms with Crippen LogP contribution in [0.1, 0.15) is 0 Å². The summed E-state index contributed by atoms with van der Waals surface area (Å²) in [6.07, 6.45) is 0. The van der Waals surface area contributed by atoms with Gasteiger partial charge in [0.1, 0.15) is 22.3 Å². The van der Waals surface area contributed by atoms with Crippen molar-refractivity contribution in [1.82, 2.24) is 0 Å². The molecule has 0 N–H and O–H groups in total. The van der Waals surface area contributed by atoms with Gasteiger partial charge in [-0.25, -0.2) is 0 Å². The number of fused-ring (bicyclic) bond motifs is 8. The highest BCUT2D eigenvalue weighted by molar-refractivity contribution is 6.22. The van der Waals surface area contributed by atoms with Crippen LogP contribution in [-0.2, 0) is 0 Å². The van der Waals surface area contributed by atoms with Gasteiger partial charge in [-0.2, -0.15) is 0 Å². The van der Waals surface area contributed by atoms with Gasteiger partial charge in [-0.3, -0.25) is 0 Å². The molecule has 2 nitrogen and oxygen atoms in total. The monoisotopic (exact) mass is 814 g/mol. The molecule has 0 aliphatic heterocycles. The van der Waals surface area contributed by atoms with Crippen LogP contribution < -0.4 is 0 Å². The van der Waals surface area contributed by atoms with Gasteiger partial charge in [-0.15, -0.1) is 0 Å². The molecule has 13 rings (SSSR count). The first-order valence-corrected chi connectivity index (χ1v) is 21.9. The summed E-state index contributed by atoms with van der Waals surface area (Å²) in [4.78, 5) is 0. The van der Waals surface area contributed by atoms with Crippen LogP contribution in [0.15, 0.2) is 239 Å². The van der Waals surface area contributed by atoms with Crippen molar-refractivity contribution in [3.8, 4) is 66.8 Å². The van der Waals surface area contributed by atoms with E-state index >= 15 is 0 Å². The Bertz CT molecular complexity index is 3590. The highest BCUT2D eigenvalue weighted by Gasteiger charge is 2.20. The number of hydrogen-bond acceptors (Lipinski definition) is 2. The second-order valence-electron chi connectivity index (χ2n) is 16.7. The largest absolute Gasteiger partial charge is 0.455 e. The molecule has 0 atom stereocenters. The lowest BCUT2D eigenvalue weighted by Crippen LogP contribution is -1.91. The van der Waals surface area contributed by atoms with Crippen LogP contribution >= 0.6 is 0 Å².